The first-order chi connectivity index (χ1) is 9.10. The van der Waals surface area contributed by atoms with Gasteiger partial charge in [0.25, 0.3) is 0 Å². The number of rotatable bonds is 4. The average molecular weight is 326 g/mol. The third-order valence-corrected chi connectivity index (χ3v) is 3.63. The van der Waals surface area contributed by atoms with Gasteiger partial charge in [-0.05, 0) is 54.4 Å². The minimum absolute atomic E-state index is 0.0237. The number of hydrogen-bond acceptors (Lipinski definition) is 1. The predicted molar refractivity (Wildman–Crippen MR) is 76.0 cm³/mol. The van der Waals surface area contributed by atoms with Crippen LogP contribution in [0.4, 0.5) is 8.78 Å². The molecule has 0 heterocycles. The first-order valence-electron chi connectivity index (χ1n) is 5.99. The quantitative estimate of drug-likeness (QED) is 0.903. The molecule has 0 aliphatic heterocycles. The smallest absolute Gasteiger partial charge is 0.126 e. The molecule has 0 saturated carbocycles. The minimum atomic E-state index is -0.428. The van der Waals surface area contributed by atoms with Crippen LogP contribution >= 0.6 is 15.9 Å². The van der Waals surface area contributed by atoms with Crippen LogP contribution in [0.5, 0.6) is 0 Å². The minimum Gasteiger partial charge on any atom is -0.330 e. The van der Waals surface area contributed by atoms with Crippen molar-refractivity contribution in [3.05, 3.63) is 69.7 Å². The van der Waals surface area contributed by atoms with Crippen LogP contribution < -0.4 is 5.73 Å². The van der Waals surface area contributed by atoms with Gasteiger partial charge in [-0.3, -0.25) is 0 Å². The standard InChI is InChI=1S/C15H14BrF2N/c16-13-3-1-10(2-4-13)12(9-19)7-11-8-14(17)5-6-15(11)18/h1-6,8,12H,7,9,19H2. The van der Waals surface area contributed by atoms with E-state index in [1.165, 1.54) is 6.07 Å². The summed E-state index contributed by atoms with van der Waals surface area (Å²) in [4.78, 5) is 0. The van der Waals surface area contributed by atoms with Gasteiger partial charge in [-0.1, -0.05) is 28.1 Å². The number of halogens is 3. The van der Waals surface area contributed by atoms with Gasteiger partial charge < -0.3 is 5.73 Å². The van der Waals surface area contributed by atoms with Crippen molar-refractivity contribution >= 4 is 15.9 Å². The zero-order valence-corrected chi connectivity index (χ0v) is 11.8. The Morgan fingerprint density at radius 1 is 1.05 bits per heavy atom. The summed E-state index contributed by atoms with van der Waals surface area (Å²) in [6, 6.07) is 11.2. The Balaban J connectivity index is 2.23. The lowest BCUT2D eigenvalue weighted by molar-refractivity contribution is 0.570. The molecule has 0 saturated heterocycles. The van der Waals surface area contributed by atoms with Gasteiger partial charge in [0.1, 0.15) is 11.6 Å². The molecule has 0 amide bonds. The molecule has 0 aromatic heterocycles. The van der Waals surface area contributed by atoms with Gasteiger partial charge in [-0.2, -0.15) is 0 Å². The second-order valence-corrected chi connectivity index (χ2v) is 5.34. The Hall–Kier alpha value is -1.26. The van der Waals surface area contributed by atoms with Gasteiger partial charge in [0.05, 0.1) is 0 Å². The Labute approximate surface area is 119 Å². The summed E-state index contributed by atoms with van der Waals surface area (Å²) in [5.74, 6) is -0.843. The van der Waals surface area contributed by atoms with E-state index in [2.05, 4.69) is 15.9 Å². The zero-order valence-electron chi connectivity index (χ0n) is 10.2. The Morgan fingerprint density at radius 2 is 1.74 bits per heavy atom. The lowest BCUT2D eigenvalue weighted by Gasteiger charge is -2.16. The van der Waals surface area contributed by atoms with Crippen molar-refractivity contribution in [1.82, 2.24) is 0 Å². The lowest BCUT2D eigenvalue weighted by Crippen LogP contribution is -2.15. The maximum atomic E-state index is 13.6. The zero-order chi connectivity index (χ0) is 13.8. The van der Waals surface area contributed by atoms with Crippen molar-refractivity contribution in [2.24, 2.45) is 5.73 Å². The maximum absolute atomic E-state index is 13.6. The summed E-state index contributed by atoms with van der Waals surface area (Å²) in [5, 5.41) is 0. The molecule has 1 atom stereocenters. The molecule has 2 rings (SSSR count). The molecule has 0 bridgehead atoms. The van der Waals surface area contributed by atoms with Crippen molar-refractivity contribution in [3.63, 3.8) is 0 Å². The van der Waals surface area contributed by atoms with E-state index in [4.69, 9.17) is 5.73 Å². The second kappa shape index (κ2) is 6.26. The number of nitrogens with two attached hydrogens (primary N) is 1. The van der Waals surface area contributed by atoms with E-state index in [9.17, 15) is 8.78 Å². The van der Waals surface area contributed by atoms with E-state index >= 15 is 0 Å². The molecule has 2 aromatic carbocycles. The molecule has 100 valence electrons. The highest BCUT2D eigenvalue weighted by Gasteiger charge is 2.14. The third kappa shape index (κ3) is 3.61. The van der Waals surface area contributed by atoms with Crippen molar-refractivity contribution in [3.8, 4) is 0 Å². The maximum Gasteiger partial charge on any atom is 0.126 e. The molecule has 19 heavy (non-hydrogen) atoms. The fourth-order valence-electron chi connectivity index (χ4n) is 2.04. The average Bonchev–Trinajstić information content (AvgIpc) is 2.41. The van der Waals surface area contributed by atoms with Gasteiger partial charge in [0, 0.05) is 10.4 Å². The van der Waals surface area contributed by atoms with Crippen LogP contribution in [0.1, 0.15) is 17.0 Å². The van der Waals surface area contributed by atoms with E-state index in [0.717, 1.165) is 22.2 Å². The molecule has 0 fully saturated rings. The van der Waals surface area contributed by atoms with Gasteiger partial charge >= 0.3 is 0 Å². The molecular formula is C15H14BrF2N. The molecular weight excluding hydrogens is 312 g/mol. The molecule has 4 heteroatoms. The van der Waals surface area contributed by atoms with Crippen molar-refractivity contribution in [2.75, 3.05) is 6.54 Å². The Morgan fingerprint density at radius 3 is 2.37 bits per heavy atom. The Kier molecular flexibility index (Phi) is 4.66. The van der Waals surface area contributed by atoms with E-state index in [1.54, 1.807) is 0 Å². The van der Waals surface area contributed by atoms with Crippen molar-refractivity contribution < 1.29 is 8.78 Å². The van der Waals surface area contributed by atoms with Gasteiger partial charge in [0.15, 0.2) is 0 Å². The molecule has 1 unspecified atom stereocenters. The lowest BCUT2D eigenvalue weighted by atomic mass is 9.92. The fraction of sp³-hybridized carbons (Fsp3) is 0.200. The van der Waals surface area contributed by atoms with Gasteiger partial charge in [-0.15, -0.1) is 0 Å². The predicted octanol–water partition coefficient (Wildman–Crippen LogP) is 4.01. The SMILES string of the molecule is NCC(Cc1cc(F)ccc1F)c1ccc(Br)cc1. The summed E-state index contributed by atoms with van der Waals surface area (Å²) in [6.45, 7) is 0.386. The fourth-order valence-corrected chi connectivity index (χ4v) is 2.30. The molecule has 2 N–H and O–H groups in total. The first kappa shape index (κ1) is 14.2. The molecule has 2 aromatic rings. The topological polar surface area (TPSA) is 26.0 Å². The van der Waals surface area contributed by atoms with Crippen LogP contribution in [0.2, 0.25) is 0 Å². The van der Waals surface area contributed by atoms with Crippen LogP contribution in [0.3, 0.4) is 0 Å². The summed E-state index contributed by atoms with van der Waals surface area (Å²) >= 11 is 3.36. The monoisotopic (exact) mass is 325 g/mol. The van der Waals surface area contributed by atoms with E-state index in [-0.39, 0.29) is 5.92 Å². The van der Waals surface area contributed by atoms with Crippen LogP contribution in [-0.4, -0.2) is 6.54 Å². The normalized spacial score (nSPS) is 12.4. The largest absolute Gasteiger partial charge is 0.330 e. The second-order valence-electron chi connectivity index (χ2n) is 4.42. The van der Waals surface area contributed by atoms with Gasteiger partial charge in [0.2, 0.25) is 0 Å². The first-order valence-corrected chi connectivity index (χ1v) is 6.79. The summed E-state index contributed by atoms with van der Waals surface area (Å²) < 4.78 is 27.8. The van der Waals surface area contributed by atoms with E-state index in [0.29, 0.717) is 18.5 Å². The van der Waals surface area contributed by atoms with Crippen molar-refractivity contribution in [2.45, 2.75) is 12.3 Å². The summed E-state index contributed by atoms with van der Waals surface area (Å²) in [7, 11) is 0. The van der Waals surface area contributed by atoms with E-state index in [1.807, 2.05) is 24.3 Å². The number of benzene rings is 2. The third-order valence-electron chi connectivity index (χ3n) is 3.10. The van der Waals surface area contributed by atoms with Crippen molar-refractivity contribution in [1.29, 1.82) is 0 Å². The van der Waals surface area contributed by atoms with Gasteiger partial charge in [-0.25, -0.2) is 8.78 Å². The highest BCUT2D eigenvalue weighted by molar-refractivity contribution is 9.10. The number of hydrogen-bond donors (Lipinski definition) is 1. The highest BCUT2D eigenvalue weighted by atomic mass is 79.9. The molecule has 0 spiro atoms. The molecule has 0 aliphatic carbocycles. The summed E-state index contributed by atoms with van der Waals surface area (Å²) in [6.07, 6.45) is 0.391. The van der Waals surface area contributed by atoms with E-state index < -0.39 is 11.6 Å². The van der Waals surface area contributed by atoms with Crippen LogP contribution in [-0.2, 0) is 6.42 Å². The Bertz CT molecular complexity index is 555. The highest BCUT2D eigenvalue weighted by Crippen LogP contribution is 2.23. The van der Waals surface area contributed by atoms with Crippen LogP contribution in [0.15, 0.2) is 46.9 Å². The summed E-state index contributed by atoms with van der Waals surface area (Å²) in [5.41, 5.74) is 7.13. The molecule has 0 radical (unpaired) electrons. The molecule has 1 nitrogen and oxygen atoms in total. The van der Waals surface area contributed by atoms with Crippen LogP contribution in [0, 0.1) is 11.6 Å². The molecule has 0 aliphatic rings. The van der Waals surface area contributed by atoms with Crippen LogP contribution in [0.25, 0.3) is 0 Å².